The Morgan fingerprint density at radius 2 is 2.57 bits per heavy atom. The quantitative estimate of drug-likeness (QED) is 0.530. The van der Waals surface area contributed by atoms with Gasteiger partial charge in [-0.3, -0.25) is 4.99 Å². The van der Waals surface area contributed by atoms with Crippen molar-refractivity contribution in [1.82, 2.24) is 0 Å². The molecule has 0 spiro atoms. The smallest absolute Gasteiger partial charge is 0.304 e. The molecule has 1 rings (SSSR count). The van der Waals surface area contributed by atoms with Crippen molar-refractivity contribution < 1.29 is 5.02 Å². The van der Waals surface area contributed by atoms with Crippen LogP contribution in [0.2, 0.25) is 0 Å². The monoisotopic (exact) mass is 189 g/mol. The van der Waals surface area contributed by atoms with E-state index >= 15 is 0 Å². The van der Waals surface area contributed by atoms with Gasteiger partial charge >= 0.3 is 7.48 Å². The number of rotatable bonds is 4. The summed E-state index contributed by atoms with van der Waals surface area (Å²) >= 11 is 0. The molecule has 1 aliphatic carbocycles. The lowest BCUT2D eigenvalue weighted by atomic mass is 9.80. The number of aliphatic imine (C=N–C) groups is 1. The zero-order chi connectivity index (χ0) is 10.2. The normalized spacial score (nSPS) is 21.9. The van der Waals surface area contributed by atoms with Crippen LogP contribution >= 0.6 is 0 Å². The highest BCUT2D eigenvalue weighted by Crippen LogP contribution is 2.17. The van der Waals surface area contributed by atoms with E-state index in [1.807, 2.05) is 25.3 Å². The second-order valence-corrected chi connectivity index (χ2v) is 3.35. The average Bonchev–Trinajstić information content (AvgIpc) is 2.25. The fraction of sp³-hybridized carbons (Fsp3) is 0.364. The lowest BCUT2D eigenvalue weighted by molar-refractivity contribution is 0.608. The molecule has 0 heterocycles. The molecule has 0 saturated carbocycles. The van der Waals surface area contributed by atoms with Gasteiger partial charge in [0.2, 0.25) is 0 Å². The van der Waals surface area contributed by atoms with Crippen molar-refractivity contribution in [3.05, 3.63) is 36.0 Å². The molecule has 74 valence electrons. The summed E-state index contributed by atoms with van der Waals surface area (Å²) in [6.45, 7) is 1.95. The molecule has 1 atom stereocenters. The van der Waals surface area contributed by atoms with Crippen LogP contribution in [0.5, 0.6) is 0 Å². The minimum atomic E-state index is 0.138. The van der Waals surface area contributed by atoms with Gasteiger partial charge in [-0.2, -0.15) is 0 Å². The van der Waals surface area contributed by atoms with Gasteiger partial charge in [0.05, 0.1) is 0 Å². The fourth-order valence-corrected chi connectivity index (χ4v) is 1.43. The Hall–Kier alpha value is -1.09. The maximum Gasteiger partial charge on any atom is 0.304 e. The number of hydrogen-bond acceptors (Lipinski definition) is 2. The van der Waals surface area contributed by atoms with Gasteiger partial charge in [-0.25, -0.2) is 0 Å². The van der Waals surface area contributed by atoms with Crippen LogP contribution in [0, 0.1) is 5.92 Å². The average molecular weight is 189 g/mol. The second kappa shape index (κ2) is 6.38. The van der Waals surface area contributed by atoms with E-state index in [2.05, 4.69) is 17.1 Å². The Kier molecular flexibility index (Phi) is 5.01. The van der Waals surface area contributed by atoms with E-state index in [0.29, 0.717) is 5.92 Å². The maximum absolute atomic E-state index is 8.95. The predicted molar refractivity (Wildman–Crippen MR) is 62.6 cm³/mol. The summed E-state index contributed by atoms with van der Waals surface area (Å²) < 4.78 is 0. The summed E-state index contributed by atoms with van der Waals surface area (Å²) in [5.74, 6) is 0.496. The molecule has 0 fully saturated rings. The molecule has 0 aromatic carbocycles. The highest BCUT2D eigenvalue weighted by molar-refractivity contribution is 6.37. The summed E-state index contributed by atoms with van der Waals surface area (Å²) in [5.41, 5.74) is 1.01. The van der Waals surface area contributed by atoms with Crippen LogP contribution in [-0.2, 0) is 0 Å². The lowest BCUT2D eigenvalue weighted by Gasteiger charge is -2.12. The Balaban J connectivity index is 2.39. The van der Waals surface area contributed by atoms with Crippen LogP contribution in [0.15, 0.2) is 41.0 Å². The lowest BCUT2D eigenvalue weighted by Crippen LogP contribution is -2.04. The van der Waals surface area contributed by atoms with Gasteiger partial charge in [0.15, 0.2) is 0 Å². The van der Waals surface area contributed by atoms with E-state index < -0.39 is 0 Å². The first-order valence-corrected chi connectivity index (χ1v) is 4.97. The van der Waals surface area contributed by atoms with Gasteiger partial charge in [-0.05, 0) is 25.7 Å². The maximum atomic E-state index is 8.95. The van der Waals surface area contributed by atoms with Crippen molar-refractivity contribution >= 4 is 13.7 Å². The minimum absolute atomic E-state index is 0.138. The van der Waals surface area contributed by atoms with Crippen molar-refractivity contribution in [3.8, 4) is 0 Å². The van der Waals surface area contributed by atoms with Crippen LogP contribution in [0.3, 0.4) is 0 Å². The first kappa shape index (κ1) is 11.0. The first-order chi connectivity index (χ1) is 6.86. The van der Waals surface area contributed by atoms with Crippen LogP contribution in [0.25, 0.3) is 0 Å². The topological polar surface area (TPSA) is 32.6 Å². The van der Waals surface area contributed by atoms with Crippen molar-refractivity contribution in [2.75, 3.05) is 0 Å². The van der Waals surface area contributed by atoms with Crippen molar-refractivity contribution in [2.24, 2.45) is 10.9 Å². The highest BCUT2D eigenvalue weighted by Gasteiger charge is 2.07. The molecule has 0 amide bonds. The van der Waals surface area contributed by atoms with Crippen molar-refractivity contribution in [1.29, 1.82) is 0 Å². The second-order valence-electron chi connectivity index (χ2n) is 3.35. The van der Waals surface area contributed by atoms with E-state index in [0.717, 1.165) is 18.3 Å². The van der Waals surface area contributed by atoms with Gasteiger partial charge in [0.25, 0.3) is 0 Å². The molecule has 1 aliphatic rings. The van der Waals surface area contributed by atoms with E-state index in [9.17, 15) is 0 Å². The Morgan fingerprint density at radius 3 is 3.29 bits per heavy atom. The zero-order valence-electron chi connectivity index (χ0n) is 8.56. The van der Waals surface area contributed by atoms with Crippen molar-refractivity contribution in [2.45, 2.75) is 19.8 Å². The molecule has 0 aromatic rings. The third kappa shape index (κ3) is 3.75. The summed E-state index contributed by atoms with van der Waals surface area (Å²) in [4.78, 5) is 4.11. The molecule has 3 heteroatoms. The van der Waals surface area contributed by atoms with Crippen LogP contribution in [0.1, 0.15) is 19.8 Å². The molecule has 14 heavy (non-hydrogen) atoms. The van der Waals surface area contributed by atoms with Gasteiger partial charge in [0.1, 0.15) is 0 Å². The van der Waals surface area contributed by atoms with E-state index in [-0.39, 0.29) is 7.48 Å². The molecule has 0 aliphatic heterocycles. The summed E-state index contributed by atoms with van der Waals surface area (Å²) in [7, 11) is 0.138. The summed E-state index contributed by atoms with van der Waals surface area (Å²) in [5, 5.41) is 8.95. The first-order valence-electron chi connectivity index (χ1n) is 4.97. The minimum Gasteiger partial charge on any atom is -0.449 e. The van der Waals surface area contributed by atoms with Gasteiger partial charge in [-0.1, -0.05) is 29.8 Å². The third-order valence-corrected chi connectivity index (χ3v) is 2.15. The standard InChI is InChI=1S/C11H16BNO/c1-2-7-13-8-6-10-4-3-5-11(9-10)12-14/h2-3,5,7-10,12,14H,4,6H2,1H3/b7-2-,13-8-/t10-/m1/s1. The number of allylic oxidation sites excluding steroid dienone is 5. The third-order valence-electron chi connectivity index (χ3n) is 2.15. The van der Waals surface area contributed by atoms with Crippen LogP contribution in [0.4, 0.5) is 0 Å². The molecule has 0 bridgehead atoms. The summed E-state index contributed by atoms with van der Waals surface area (Å²) in [6, 6.07) is 0. The molecular weight excluding hydrogens is 173 g/mol. The molecule has 0 unspecified atom stereocenters. The molecule has 2 nitrogen and oxygen atoms in total. The molecule has 0 aromatic heterocycles. The fourth-order valence-electron chi connectivity index (χ4n) is 1.43. The predicted octanol–water partition coefficient (Wildman–Crippen LogP) is 1.78. The molecule has 1 N–H and O–H groups in total. The van der Waals surface area contributed by atoms with Gasteiger partial charge in [-0.15, -0.1) is 0 Å². The highest BCUT2D eigenvalue weighted by atomic mass is 16.2. The zero-order valence-corrected chi connectivity index (χ0v) is 8.56. The molecule has 0 radical (unpaired) electrons. The van der Waals surface area contributed by atoms with E-state index in [4.69, 9.17) is 5.02 Å². The number of nitrogens with zero attached hydrogens (tertiary/aromatic N) is 1. The van der Waals surface area contributed by atoms with Crippen LogP contribution < -0.4 is 0 Å². The van der Waals surface area contributed by atoms with Crippen LogP contribution in [-0.4, -0.2) is 18.7 Å². The van der Waals surface area contributed by atoms with E-state index in [1.54, 1.807) is 6.20 Å². The Bertz CT molecular complexity index is 279. The molecule has 0 saturated heterocycles. The Morgan fingerprint density at radius 1 is 1.71 bits per heavy atom. The van der Waals surface area contributed by atoms with E-state index in [1.165, 1.54) is 0 Å². The van der Waals surface area contributed by atoms with Crippen molar-refractivity contribution in [3.63, 3.8) is 0 Å². The largest absolute Gasteiger partial charge is 0.449 e. The number of hydrogen-bond donors (Lipinski definition) is 1. The summed E-state index contributed by atoms with van der Waals surface area (Å²) in [6.07, 6.45) is 13.8. The van der Waals surface area contributed by atoms with Gasteiger partial charge < -0.3 is 5.02 Å². The van der Waals surface area contributed by atoms with Gasteiger partial charge in [0, 0.05) is 12.4 Å². The SMILES string of the molecule is C/C=C\N=C/C[C@@H]1C=C(BO)C=CC1. The molecular formula is C11H16BNO. The Labute approximate surface area is 86.0 Å².